The summed E-state index contributed by atoms with van der Waals surface area (Å²) in [5, 5.41) is 2.23. The van der Waals surface area contributed by atoms with E-state index in [2.05, 4.69) is 62.4 Å². The Hall–Kier alpha value is -1.08. The lowest BCUT2D eigenvalue weighted by atomic mass is 9.86. The van der Waals surface area contributed by atoms with E-state index in [1.54, 1.807) is 10.8 Å². The van der Waals surface area contributed by atoms with E-state index in [1.165, 1.54) is 38.5 Å². The molecule has 0 aliphatic heterocycles. The lowest BCUT2D eigenvalue weighted by Crippen LogP contribution is -2.31. The molecule has 0 spiro atoms. The Kier molecular flexibility index (Phi) is 5.02. The second-order valence-electron chi connectivity index (χ2n) is 7.60. The molecule has 1 fully saturated rings. The topological polar surface area (TPSA) is 0 Å². The van der Waals surface area contributed by atoms with Gasteiger partial charge in [-0.2, -0.15) is 0 Å². The first-order chi connectivity index (χ1) is 10.7. The molecule has 118 valence electrons. The summed E-state index contributed by atoms with van der Waals surface area (Å²) in [5.74, 6) is 1.69. The Morgan fingerprint density at radius 3 is 2.77 bits per heavy atom. The Bertz CT molecular complexity index is 542. The van der Waals surface area contributed by atoms with Crippen LogP contribution >= 0.6 is 0 Å². The molecular weight excluding hydrogens is 280 g/mol. The van der Waals surface area contributed by atoms with Crippen LogP contribution in [0.25, 0.3) is 0 Å². The maximum Gasteiger partial charge on any atom is 0.0612 e. The Balaban J connectivity index is 1.81. The number of benzene rings is 1. The van der Waals surface area contributed by atoms with Crippen LogP contribution in [-0.4, -0.2) is 9.52 Å². The summed E-state index contributed by atoms with van der Waals surface area (Å²) in [6, 6.07) is 11.3. The summed E-state index contributed by atoms with van der Waals surface area (Å²) in [4.78, 5) is 0. The number of unbranched alkanes of at least 4 members (excludes halogenated alkanes) is 2. The lowest BCUT2D eigenvalue weighted by Gasteiger charge is -2.32. The number of hydrogen-bond acceptors (Lipinski definition) is 0. The molecule has 0 radical (unpaired) electrons. The maximum atomic E-state index is 2.61. The van der Waals surface area contributed by atoms with Crippen molar-refractivity contribution in [1.82, 2.24) is 0 Å². The molecule has 0 bridgehead atoms. The number of fused-ring (bicyclic) bond motifs is 1. The van der Waals surface area contributed by atoms with Crippen molar-refractivity contribution in [3.8, 4) is 0 Å². The maximum absolute atomic E-state index is 2.61. The molecule has 2 aliphatic rings. The van der Waals surface area contributed by atoms with Gasteiger partial charge in [0.1, 0.15) is 0 Å². The highest BCUT2D eigenvalue weighted by molar-refractivity contribution is 6.57. The van der Waals surface area contributed by atoms with Crippen molar-refractivity contribution in [3.63, 3.8) is 0 Å². The van der Waals surface area contributed by atoms with Gasteiger partial charge in [0.05, 0.1) is 9.52 Å². The summed E-state index contributed by atoms with van der Waals surface area (Å²) in [6.07, 6.45) is 15.4. The van der Waals surface area contributed by atoms with Gasteiger partial charge >= 0.3 is 0 Å². The Morgan fingerprint density at radius 1 is 1.18 bits per heavy atom. The fraction of sp³-hybridized carbons (Fsp3) is 0.524. The van der Waals surface area contributed by atoms with Crippen molar-refractivity contribution in [1.29, 1.82) is 0 Å². The van der Waals surface area contributed by atoms with E-state index < -0.39 is 0 Å². The normalized spacial score (nSPS) is 30.7. The van der Waals surface area contributed by atoms with E-state index >= 15 is 0 Å². The highest BCUT2D eigenvalue weighted by Crippen LogP contribution is 2.58. The van der Waals surface area contributed by atoms with Gasteiger partial charge in [-0.15, -0.1) is 0 Å². The molecular formula is C21H30Si. The molecule has 0 N–H and O–H groups in total. The molecule has 0 heterocycles. The first-order valence-electron chi connectivity index (χ1n) is 9.13. The summed E-state index contributed by atoms with van der Waals surface area (Å²) < 4.78 is 0. The second-order valence-corrected chi connectivity index (χ2v) is 10.4. The van der Waals surface area contributed by atoms with Crippen molar-refractivity contribution in [3.05, 3.63) is 54.1 Å². The summed E-state index contributed by atoms with van der Waals surface area (Å²) >= 11 is 0. The third-order valence-corrected chi connectivity index (χ3v) is 8.29. The Labute approximate surface area is 138 Å². The molecule has 0 aromatic heterocycles. The van der Waals surface area contributed by atoms with Crippen LogP contribution in [0.3, 0.4) is 0 Å². The van der Waals surface area contributed by atoms with Gasteiger partial charge in [-0.3, -0.25) is 0 Å². The highest BCUT2D eigenvalue weighted by Gasteiger charge is 2.46. The first-order valence-corrected chi connectivity index (χ1v) is 10.5. The van der Waals surface area contributed by atoms with E-state index in [1.807, 2.05) is 0 Å². The van der Waals surface area contributed by atoms with E-state index in [9.17, 15) is 0 Å². The van der Waals surface area contributed by atoms with Crippen LogP contribution < -0.4 is 5.19 Å². The van der Waals surface area contributed by atoms with Gasteiger partial charge in [0.15, 0.2) is 0 Å². The predicted molar refractivity (Wildman–Crippen MR) is 101 cm³/mol. The zero-order valence-electron chi connectivity index (χ0n) is 14.2. The number of allylic oxidation sites excluding steroid dienone is 4. The fourth-order valence-electron chi connectivity index (χ4n) is 4.77. The van der Waals surface area contributed by atoms with Crippen LogP contribution in [0.5, 0.6) is 0 Å². The second kappa shape index (κ2) is 7.00. The van der Waals surface area contributed by atoms with Crippen molar-refractivity contribution >= 4 is 14.7 Å². The van der Waals surface area contributed by atoms with E-state index in [0.717, 1.165) is 11.8 Å². The average Bonchev–Trinajstić information content (AvgIpc) is 2.80. The molecule has 22 heavy (non-hydrogen) atoms. The van der Waals surface area contributed by atoms with E-state index in [0.29, 0.717) is 5.04 Å². The van der Waals surface area contributed by atoms with Crippen LogP contribution in [0.4, 0.5) is 0 Å². The zero-order chi connectivity index (χ0) is 15.4. The SMILES string of the molecule is CCCCCC1C2=CC=CCC2CC1(C)[SiH2]c1ccccc1. The van der Waals surface area contributed by atoms with Gasteiger partial charge in [-0.25, -0.2) is 0 Å². The van der Waals surface area contributed by atoms with Crippen molar-refractivity contribution in [2.45, 2.75) is 57.4 Å². The minimum Gasteiger partial charge on any atom is -0.0839 e. The molecule has 0 saturated heterocycles. The van der Waals surface area contributed by atoms with Gasteiger partial charge in [0.25, 0.3) is 0 Å². The van der Waals surface area contributed by atoms with Crippen LogP contribution in [-0.2, 0) is 0 Å². The zero-order valence-corrected chi connectivity index (χ0v) is 15.6. The molecule has 1 aromatic carbocycles. The van der Waals surface area contributed by atoms with Crippen molar-refractivity contribution in [2.75, 3.05) is 0 Å². The van der Waals surface area contributed by atoms with Gasteiger partial charge < -0.3 is 0 Å². The van der Waals surface area contributed by atoms with Gasteiger partial charge in [0.2, 0.25) is 0 Å². The molecule has 3 atom stereocenters. The molecule has 3 rings (SSSR count). The number of hydrogen-bond donors (Lipinski definition) is 0. The molecule has 1 heteroatoms. The monoisotopic (exact) mass is 310 g/mol. The van der Waals surface area contributed by atoms with Crippen LogP contribution in [0.15, 0.2) is 54.1 Å². The molecule has 3 unspecified atom stereocenters. The summed E-state index contributed by atoms with van der Waals surface area (Å²) in [5.41, 5.74) is 1.80. The van der Waals surface area contributed by atoms with Gasteiger partial charge in [-0.05, 0) is 36.1 Å². The standard InChI is InChI=1S/C21H30Si/c1-3-4-6-15-20-19-14-10-9-11-17(19)16-21(20,2)22-18-12-7-5-8-13-18/h5,7-10,12-14,17,20H,3-4,6,11,15-16,22H2,1-2H3. The smallest absolute Gasteiger partial charge is 0.0612 e. The molecule has 0 amide bonds. The van der Waals surface area contributed by atoms with E-state index in [4.69, 9.17) is 0 Å². The molecule has 1 aromatic rings. The minimum absolute atomic E-state index is 0.236. The van der Waals surface area contributed by atoms with Crippen LogP contribution in [0.1, 0.15) is 52.4 Å². The highest BCUT2D eigenvalue weighted by atomic mass is 28.2. The van der Waals surface area contributed by atoms with Crippen LogP contribution in [0, 0.1) is 11.8 Å². The van der Waals surface area contributed by atoms with Gasteiger partial charge in [-0.1, -0.05) is 92.4 Å². The lowest BCUT2D eigenvalue weighted by molar-refractivity contribution is 0.427. The quantitative estimate of drug-likeness (QED) is 0.525. The third kappa shape index (κ3) is 3.30. The van der Waals surface area contributed by atoms with Crippen molar-refractivity contribution in [2.24, 2.45) is 11.8 Å². The minimum atomic E-state index is -0.236. The summed E-state index contributed by atoms with van der Waals surface area (Å²) in [7, 11) is -0.236. The first kappa shape index (κ1) is 15.8. The number of rotatable bonds is 6. The van der Waals surface area contributed by atoms with E-state index in [-0.39, 0.29) is 9.52 Å². The van der Waals surface area contributed by atoms with Gasteiger partial charge in [0, 0.05) is 0 Å². The Morgan fingerprint density at radius 2 is 2.00 bits per heavy atom. The largest absolute Gasteiger partial charge is 0.0839 e. The summed E-state index contributed by atoms with van der Waals surface area (Å²) in [6.45, 7) is 4.93. The third-order valence-electron chi connectivity index (χ3n) is 5.82. The fourth-order valence-corrected chi connectivity index (χ4v) is 7.39. The predicted octanol–water partition coefficient (Wildman–Crippen LogP) is 4.76. The molecule has 1 saturated carbocycles. The van der Waals surface area contributed by atoms with Crippen LogP contribution in [0.2, 0.25) is 5.04 Å². The van der Waals surface area contributed by atoms with Crippen molar-refractivity contribution < 1.29 is 0 Å². The molecule has 2 aliphatic carbocycles. The molecule has 0 nitrogen and oxygen atoms in total. The average molecular weight is 311 g/mol.